The second-order valence-electron chi connectivity index (χ2n) is 6.15. The molecule has 4 nitrogen and oxygen atoms in total. The minimum absolute atomic E-state index is 0.153. The first-order chi connectivity index (χ1) is 13.5. The van der Waals surface area contributed by atoms with Gasteiger partial charge in [0.25, 0.3) is 0 Å². The lowest BCUT2D eigenvalue weighted by molar-refractivity contribution is -0.114. The Morgan fingerprint density at radius 1 is 0.750 bits per heavy atom. The van der Waals surface area contributed by atoms with Crippen molar-refractivity contribution in [1.29, 1.82) is 0 Å². The Kier molecular flexibility index (Phi) is 6.25. The van der Waals surface area contributed by atoms with Crippen LogP contribution in [0.2, 0.25) is 5.02 Å². The van der Waals surface area contributed by atoms with Crippen LogP contribution >= 0.6 is 11.6 Å². The summed E-state index contributed by atoms with van der Waals surface area (Å²) in [4.78, 5) is 24.3. The molecule has 0 atom stereocenters. The molecule has 0 saturated heterocycles. The summed E-state index contributed by atoms with van der Waals surface area (Å²) in [5.74, 6) is -0.322. The van der Waals surface area contributed by atoms with Gasteiger partial charge in [-0.2, -0.15) is 0 Å². The molecule has 0 saturated carbocycles. The van der Waals surface area contributed by atoms with Gasteiger partial charge in [0.1, 0.15) is 0 Å². The lowest BCUT2D eigenvalue weighted by atomic mass is 10.1. The minimum atomic E-state index is -0.170. The monoisotopic (exact) mass is 390 g/mol. The number of nitrogens with one attached hydrogen (secondary N) is 2. The lowest BCUT2D eigenvalue weighted by Crippen LogP contribution is -2.10. The van der Waals surface area contributed by atoms with Gasteiger partial charge in [-0.3, -0.25) is 9.59 Å². The highest BCUT2D eigenvalue weighted by atomic mass is 35.5. The maximum absolute atomic E-state index is 12.8. The van der Waals surface area contributed by atoms with E-state index < -0.39 is 0 Å². The molecule has 3 aromatic rings. The van der Waals surface area contributed by atoms with Gasteiger partial charge in [-0.1, -0.05) is 54.1 Å². The zero-order valence-corrected chi connectivity index (χ0v) is 16.0. The maximum Gasteiger partial charge on any atom is 0.221 e. The highest BCUT2D eigenvalue weighted by molar-refractivity contribution is 6.30. The third-order valence-corrected chi connectivity index (χ3v) is 4.25. The summed E-state index contributed by atoms with van der Waals surface area (Å²) in [6, 6.07) is 23.6. The van der Waals surface area contributed by atoms with Crippen LogP contribution in [0.1, 0.15) is 22.8 Å². The van der Waals surface area contributed by atoms with Crippen LogP contribution < -0.4 is 10.6 Å². The van der Waals surface area contributed by atoms with E-state index in [-0.39, 0.29) is 11.7 Å². The van der Waals surface area contributed by atoms with Crippen LogP contribution in [0.5, 0.6) is 0 Å². The number of hydrogen-bond acceptors (Lipinski definition) is 3. The van der Waals surface area contributed by atoms with Gasteiger partial charge in [0.05, 0.1) is 11.4 Å². The summed E-state index contributed by atoms with van der Waals surface area (Å²) in [6.07, 6.45) is 1.54. The molecule has 0 fully saturated rings. The van der Waals surface area contributed by atoms with E-state index in [1.807, 2.05) is 48.5 Å². The summed E-state index contributed by atoms with van der Waals surface area (Å²) < 4.78 is 0. The number of benzene rings is 3. The molecule has 2 N–H and O–H groups in total. The summed E-state index contributed by atoms with van der Waals surface area (Å²) in [5, 5.41) is 6.65. The summed E-state index contributed by atoms with van der Waals surface area (Å²) in [7, 11) is 0. The van der Waals surface area contributed by atoms with E-state index in [1.165, 1.54) is 6.92 Å². The number of halogens is 1. The van der Waals surface area contributed by atoms with Crippen molar-refractivity contribution in [3.63, 3.8) is 0 Å². The van der Waals surface area contributed by atoms with Crippen LogP contribution in [0.25, 0.3) is 5.70 Å². The number of para-hydroxylation sites is 2. The SMILES string of the molecule is CC(=O)Nc1ccccc1NC(=CC(=O)c1ccc(Cl)cc1)c1ccccc1. The van der Waals surface area contributed by atoms with Crippen molar-refractivity contribution in [2.75, 3.05) is 10.6 Å². The number of carbonyl (C=O) groups is 2. The Balaban J connectivity index is 1.98. The van der Waals surface area contributed by atoms with Gasteiger partial charge in [0.15, 0.2) is 5.78 Å². The predicted octanol–water partition coefficient (Wildman–Crippen LogP) is 5.63. The minimum Gasteiger partial charge on any atom is -0.353 e. The number of hydrogen-bond donors (Lipinski definition) is 2. The van der Waals surface area contributed by atoms with E-state index in [1.54, 1.807) is 36.4 Å². The second kappa shape index (κ2) is 9.02. The second-order valence-corrected chi connectivity index (χ2v) is 6.58. The Labute approximate surface area is 168 Å². The molecule has 140 valence electrons. The van der Waals surface area contributed by atoms with Crippen LogP contribution in [0, 0.1) is 0 Å². The molecule has 0 aliphatic rings. The van der Waals surface area contributed by atoms with Crippen molar-refractivity contribution in [2.24, 2.45) is 0 Å². The average molecular weight is 391 g/mol. The molecule has 0 bridgehead atoms. The van der Waals surface area contributed by atoms with Gasteiger partial charge >= 0.3 is 0 Å². The normalized spacial score (nSPS) is 11.0. The van der Waals surface area contributed by atoms with Crippen LogP contribution in [0.4, 0.5) is 11.4 Å². The van der Waals surface area contributed by atoms with Gasteiger partial charge in [-0.05, 0) is 42.0 Å². The molecule has 0 aliphatic heterocycles. The van der Waals surface area contributed by atoms with Crippen molar-refractivity contribution in [3.8, 4) is 0 Å². The fraction of sp³-hybridized carbons (Fsp3) is 0.0435. The molecule has 1 amide bonds. The zero-order chi connectivity index (χ0) is 19.9. The Bertz CT molecular complexity index is 1010. The Hall–Kier alpha value is -3.37. The van der Waals surface area contributed by atoms with Crippen molar-refractivity contribution in [1.82, 2.24) is 0 Å². The quantitative estimate of drug-likeness (QED) is 0.423. The predicted molar refractivity (Wildman–Crippen MR) is 115 cm³/mol. The number of carbonyl (C=O) groups excluding carboxylic acids is 2. The molecule has 0 heterocycles. The standard InChI is InChI=1S/C23H19ClN2O2/c1-16(27)25-20-9-5-6-10-21(20)26-22(17-7-3-2-4-8-17)15-23(28)18-11-13-19(24)14-12-18/h2-15,26H,1H3,(H,25,27). The first-order valence-electron chi connectivity index (χ1n) is 8.73. The molecule has 28 heavy (non-hydrogen) atoms. The first-order valence-corrected chi connectivity index (χ1v) is 9.11. The summed E-state index contributed by atoms with van der Waals surface area (Å²) in [5.41, 5.74) is 3.34. The Morgan fingerprint density at radius 3 is 1.93 bits per heavy atom. The van der Waals surface area contributed by atoms with Crippen LogP contribution in [-0.4, -0.2) is 11.7 Å². The van der Waals surface area contributed by atoms with E-state index in [0.29, 0.717) is 27.7 Å². The highest BCUT2D eigenvalue weighted by Gasteiger charge is 2.10. The molecule has 5 heteroatoms. The molecular weight excluding hydrogens is 372 g/mol. The molecule has 0 spiro atoms. The smallest absolute Gasteiger partial charge is 0.221 e. The largest absolute Gasteiger partial charge is 0.353 e. The molecule has 3 aromatic carbocycles. The fourth-order valence-electron chi connectivity index (χ4n) is 2.67. The lowest BCUT2D eigenvalue weighted by Gasteiger charge is -2.15. The zero-order valence-electron chi connectivity index (χ0n) is 15.3. The van der Waals surface area contributed by atoms with E-state index in [4.69, 9.17) is 11.6 Å². The molecule has 0 aliphatic carbocycles. The van der Waals surface area contributed by atoms with Gasteiger partial charge in [-0.15, -0.1) is 0 Å². The number of anilines is 2. The summed E-state index contributed by atoms with van der Waals surface area (Å²) in [6.45, 7) is 1.45. The van der Waals surface area contributed by atoms with Gasteiger partial charge < -0.3 is 10.6 Å². The van der Waals surface area contributed by atoms with Gasteiger partial charge in [0.2, 0.25) is 5.91 Å². The molecular formula is C23H19ClN2O2. The molecule has 0 unspecified atom stereocenters. The third-order valence-electron chi connectivity index (χ3n) is 4.00. The number of amides is 1. The van der Waals surface area contributed by atoms with E-state index >= 15 is 0 Å². The topological polar surface area (TPSA) is 58.2 Å². The Morgan fingerprint density at radius 2 is 1.32 bits per heavy atom. The van der Waals surface area contributed by atoms with E-state index in [2.05, 4.69) is 10.6 Å². The third kappa shape index (κ3) is 5.09. The van der Waals surface area contributed by atoms with Crippen LogP contribution in [-0.2, 0) is 4.79 Å². The van der Waals surface area contributed by atoms with E-state index in [9.17, 15) is 9.59 Å². The van der Waals surface area contributed by atoms with E-state index in [0.717, 1.165) is 5.56 Å². The number of allylic oxidation sites excluding steroid dienone is 1. The molecule has 0 aromatic heterocycles. The molecule has 0 radical (unpaired) electrons. The first kappa shape index (κ1) is 19.4. The fourth-order valence-corrected chi connectivity index (χ4v) is 2.80. The van der Waals surface area contributed by atoms with Crippen molar-refractivity contribution < 1.29 is 9.59 Å². The van der Waals surface area contributed by atoms with Crippen LogP contribution in [0.15, 0.2) is 84.9 Å². The van der Waals surface area contributed by atoms with Crippen molar-refractivity contribution in [3.05, 3.63) is 101 Å². The maximum atomic E-state index is 12.8. The highest BCUT2D eigenvalue weighted by Crippen LogP contribution is 2.26. The number of ketones is 1. The van der Waals surface area contributed by atoms with Crippen LogP contribution in [0.3, 0.4) is 0 Å². The summed E-state index contributed by atoms with van der Waals surface area (Å²) >= 11 is 5.91. The van der Waals surface area contributed by atoms with Gasteiger partial charge in [-0.25, -0.2) is 0 Å². The van der Waals surface area contributed by atoms with Gasteiger partial charge in [0, 0.05) is 29.3 Å². The van der Waals surface area contributed by atoms with Crippen molar-refractivity contribution in [2.45, 2.75) is 6.92 Å². The number of rotatable bonds is 6. The average Bonchev–Trinajstić information content (AvgIpc) is 2.69. The van der Waals surface area contributed by atoms with Crippen molar-refractivity contribution >= 4 is 40.4 Å². The molecule has 3 rings (SSSR count).